The van der Waals surface area contributed by atoms with E-state index in [9.17, 15) is 9.90 Å². The van der Waals surface area contributed by atoms with Crippen LogP contribution in [0.3, 0.4) is 0 Å². The van der Waals surface area contributed by atoms with Crippen LogP contribution < -0.4 is 0 Å². The predicted octanol–water partition coefficient (Wildman–Crippen LogP) is 5.43. The molecule has 4 aliphatic carbocycles. The summed E-state index contributed by atoms with van der Waals surface area (Å²) in [6.45, 7) is 0. The Morgan fingerprint density at radius 1 is 0.935 bits per heavy atom. The van der Waals surface area contributed by atoms with Gasteiger partial charge in [-0.3, -0.25) is 4.79 Å². The number of Topliss-reactive ketones (excluding diaryl/α,β-unsaturated/α-hetero) is 1. The van der Waals surface area contributed by atoms with E-state index in [4.69, 9.17) is 4.98 Å². The molecular weight excluding hydrogens is 384 g/mol. The number of hydrogen-bond acceptors (Lipinski definition) is 3. The first-order chi connectivity index (χ1) is 15.1. The Kier molecular flexibility index (Phi) is 4.62. The van der Waals surface area contributed by atoms with Crippen LogP contribution >= 0.6 is 0 Å². The number of phenols is 1. The molecule has 0 amide bonds. The lowest BCUT2D eigenvalue weighted by atomic mass is 9.51. The second-order valence-corrected chi connectivity index (χ2v) is 10.4. The van der Waals surface area contributed by atoms with Gasteiger partial charge in [-0.25, -0.2) is 4.98 Å². The average Bonchev–Trinajstić information content (AvgIpc) is 3.13. The van der Waals surface area contributed by atoms with Gasteiger partial charge in [-0.15, -0.1) is 0 Å². The van der Waals surface area contributed by atoms with E-state index >= 15 is 0 Å². The lowest BCUT2D eigenvalue weighted by Crippen LogP contribution is -2.45. The van der Waals surface area contributed by atoms with Crippen LogP contribution in [0.4, 0.5) is 0 Å². The first-order valence-electron chi connectivity index (χ1n) is 11.9. The van der Waals surface area contributed by atoms with Gasteiger partial charge in [0.15, 0.2) is 0 Å². The van der Waals surface area contributed by atoms with Gasteiger partial charge in [-0.1, -0.05) is 18.2 Å². The number of imidazole rings is 1. The van der Waals surface area contributed by atoms with Crippen molar-refractivity contribution in [2.45, 2.75) is 51.4 Å². The SMILES string of the molecule is O=C(Cc1ccc2nc(Cc3ccc(O)cc3)[nH]c2c1)CC1C2CC3CC(C2)CC1C3. The van der Waals surface area contributed by atoms with E-state index in [1.165, 1.54) is 32.1 Å². The van der Waals surface area contributed by atoms with E-state index in [2.05, 4.69) is 17.1 Å². The van der Waals surface area contributed by atoms with Crippen LogP contribution in [0.15, 0.2) is 42.5 Å². The van der Waals surface area contributed by atoms with Crippen molar-refractivity contribution < 1.29 is 9.90 Å². The van der Waals surface area contributed by atoms with Gasteiger partial charge in [0.1, 0.15) is 17.4 Å². The molecular formula is C27H30N2O2. The van der Waals surface area contributed by atoms with E-state index in [1.807, 2.05) is 18.2 Å². The number of rotatable bonds is 6. The van der Waals surface area contributed by atoms with Gasteiger partial charge in [-0.2, -0.15) is 0 Å². The van der Waals surface area contributed by atoms with E-state index in [0.29, 0.717) is 24.5 Å². The summed E-state index contributed by atoms with van der Waals surface area (Å²) in [7, 11) is 0. The number of benzene rings is 2. The number of hydrogen-bond donors (Lipinski definition) is 2. The molecule has 4 fully saturated rings. The summed E-state index contributed by atoms with van der Waals surface area (Å²) >= 11 is 0. The quantitative estimate of drug-likeness (QED) is 0.565. The molecule has 0 unspecified atom stereocenters. The summed E-state index contributed by atoms with van der Waals surface area (Å²) in [6.07, 6.45) is 9.00. The molecule has 2 aromatic carbocycles. The fraction of sp³-hybridized carbons (Fsp3) is 0.481. The zero-order valence-corrected chi connectivity index (χ0v) is 17.9. The number of phenolic OH excluding ortho intramolecular Hbond substituents is 1. The standard InChI is InChI=1S/C27H30N2O2/c30-22-4-1-16(2-5-22)14-27-28-25-6-3-17(13-26(25)29-27)12-23(31)15-24-20-8-18-7-19(10-20)11-21(24)9-18/h1-6,13,18-21,24,30H,7-12,14-15H2,(H,28,29). The molecule has 0 spiro atoms. The van der Waals surface area contributed by atoms with Crippen molar-refractivity contribution in [1.29, 1.82) is 0 Å². The first kappa shape index (κ1) is 19.1. The van der Waals surface area contributed by atoms with Crippen LogP contribution in [-0.2, 0) is 17.6 Å². The highest BCUT2D eigenvalue weighted by atomic mass is 16.3. The van der Waals surface area contributed by atoms with Crippen molar-refractivity contribution in [2.24, 2.45) is 29.6 Å². The maximum atomic E-state index is 13.0. The maximum absolute atomic E-state index is 13.0. The van der Waals surface area contributed by atoms with Crippen molar-refractivity contribution in [3.63, 3.8) is 0 Å². The Hall–Kier alpha value is -2.62. The van der Waals surface area contributed by atoms with Gasteiger partial charge in [-0.05, 0) is 97.1 Å². The predicted molar refractivity (Wildman–Crippen MR) is 121 cm³/mol. The summed E-state index contributed by atoms with van der Waals surface area (Å²) in [5.41, 5.74) is 4.11. The minimum atomic E-state index is 0.274. The third-order valence-electron chi connectivity index (χ3n) is 8.19. The van der Waals surface area contributed by atoms with Crippen LogP contribution in [0.25, 0.3) is 11.0 Å². The van der Waals surface area contributed by atoms with Crippen molar-refractivity contribution in [3.8, 4) is 5.75 Å². The van der Waals surface area contributed by atoms with Crippen molar-refractivity contribution in [3.05, 3.63) is 59.4 Å². The molecule has 4 bridgehead atoms. The number of carbonyl (C=O) groups is 1. The Morgan fingerprint density at radius 3 is 2.32 bits per heavy atom. The Morgan fingerprint density at radius 2 is 1.61 bits per heavy atom. The average molecular weight is 415 g/mol. The zero-order valence-electron chi connectivity index (χ0n) is 17.9. The number of ketones is 1. The molecule has 4 nitrogen and oxygen atoms in total. The normalized spacial score (nSPS) is 29.0. The number of H-pyrrole nitrogens is 1. The number of aromatic hydroxyl groups is 1. The minimum absolute atomic E-state index is 0.274. The molecule has 4 heteroatoms. The van der Waals surface area contributed by atoms with Crippen LogP contribution in [0.5, 0.6) is 5.75 Å². The minimum Gasteiger partial charge on any atom is -0.508 e. The Balaban J connectivity index is 1.12. The highest BCUT2D eigenvalue weighted by molar-refractivity contribution is 5.83. The fourth-order valence-electron chi connectivity index (χ4n) is 7.04. The third-order valence-corrected chi connectivity index (χ3v) is 8.19. The molecule has 31 heavy (non-hydrogen) atoms. The van der Waals surface area contributed by atoms with Gasteiger partial charge in [0.25, 0.3) is 0 Å². The number of nitrogens with zero attached hydrogens (tertiary/aromatic N) is 1. The van der Waals surface area contributed by atoms with Gasteiger partial charge in [0.2, 0.25) is 0 Å². The van der Waals surface area contributed by atoms with E-state index in [-0.39, 0.29) is 5.75 Å². The summed E-state index contributed by atoms with van der Waals surface area (Å²) in [5.74, 6) is 5.79. The van der Waals surface area contributed by atoms with Crippen LogP contribution in [0.2, 0.25) is 0 Å². The molecule has 1 aromatic heterocycles. The second kappa shape index (κ2) is 7.51. The number of carbonyl (C=O) groups excluding carboxylic acids is 1. The number of nitrogens with one attached hydrogen (secondary N) is 1. The first-order valence-corrected chi connectivity index (χ1v) is 11.9. The molecule has 0 saturated heterocycles. The summed E-state index contributed by atoms with van der Waals surface area (Å²) in [6, 6.07) is 13.4. The molecule has 2 N–H and O–H groups in total. The fourth-order valence-corrected chi connectivity index (χ4v) is 7.04. The summed E-state index contributed by atoms with van der Waals surface area (Å²) < 4.78 is 0. The molecule has 4 aliphatic rings. The van der Waals surface area contributed by atoms with Crippen LogP contribution in [0.1, 0.15) is 55.5 Å². The van der Waals surface area contributed by atoms with Gasteiger partial charge in [0, 0.05) is 19.3 Å². The topological polar surface area (TPSA) is 66.0 Å². The molecule has 0 atom stereocenters. The van der Waals surface area contributed by atoms with Crippen molar-refractivity contribution in [2.75, 3.05) is 0 Å². The van der Waals surface area contributed by atoms with Gasteiger partial charge >= 0.3 is 0 Å². The molecule has 160 valence electrons. The molecule has 0 radical (unpaired) electrons. The van der Waals surface area contributed by atoms with Crippen LogP contribution in [-0.4, -0.2) is 20.9 Å². The molecule has 1 heterocycles. The molecule has 4 saturated carbocycles. The van der Waals surface area contributed by atoms with Gasteiger partial charge in [0.05, 0.1) is 11.0 Å². The number of aromatic amines is 1. The lowest BCUT2D eigenvalue weighted by Gasteiger charge is -2.54. The Labute approximate surface area is 183 Å². The Bertz CT molecular complexity index is 1090. The van der Waals surface area contributed by atoms with Crippen molar-refractivity contribution in [1.82, 2.24) is 9.97 Å². The van der Waals surface area contributed by atoms with E-state index in [0.717, 1.165) is 58.1 Å². The molecule has 0 aliphatic heterocycles. The number of aromatic nitrogens is 2. The lowest BCUT2D eigenvalue weighted by molar-refractivity contribution is -0.123. The highest BCUT2D eigenvalue weighted by Crippen LogP contribution is 2.57. The highest BCUT2D eigenvalue weighted by Gasteiger charge is 2.48. The van der Waals surface area contributed by atoms with E-state index < -0.39 is 0 Å². The molecule has 7 rings (SSSR count). The maximum Gasteiger partial charge on any atom is 0.137 e. The smallest absolute Gasteiger partial charge is 0.137 e. The number of fused-ring (bicyclic) bond motifs is 1. The second-order valence-electron chi connectivity index (χ2n) is 10.4. The third kappa shape index (κ3) is 3.77. The zero-order chi connectivity index (χ0) is 20.9. The summed E-state index contributed by atoms with van der Waals surface area (Å²) in [4.78, 5) is 21.1. The van der Waals surface area contributed by atoms with E-state index in [1.54, 1.807) is 12.1 Å². The molecule has 3 aromatic rings. The van der Waals surface area contributed by atoms with Crippen molar-refractivity contribution >= 4 is 16.8 Å². The largest absolute Gasteiger partial charge is 0.508 e. The summed E-state index contributed by atoms with van der Waals surface area (Å²) in [5, 5.41) is 9.45. The van der Waals surface area contributed by atoms with Crippen LogP contribution in [0, 0.1) is 29.6 Å². The monoisotopic (exact) mass is 414 g/mol. The van der Waals surface area contributed by atoms with Gasteiger partial charge < -0.3 is 10.1 Å².